The van der Waals surface area contributed by atoms with Gasteiger partial charge in [-0.05, 0) is 26.7 Å². The number of nitrogens with zero attached hydrogens (tertiary/aromatic N) is 2. The Hall–Kier alpha value is -1.77. The molecule has 1 rings (SSSR count). The van der Waals surface area contributed by atoms with Gasteiger partial charge < -0.3 is 19.2 Å². The summed E-state index contributed by atoms with van der Waals surface area (Å²) in [7, 11) is 1.31. The lowest BCUT2D eigenvalue weighted by atomic mass is 9.99. The highest BCUT2D eigenvalue weighted by molar-refractivity contribution is 7.99. The molecule has 136 valence electrons. The van der Waals surface area contributed by atoms with Crippen LogP contribution in [0.4, 0.5) is 4.79 Å². The van der Waals surface area contributed by atoms with Crippen LogP contribution in [0.5, 0.6) is 0 Å². The van der Waals surface area contributed by atoms with E-state index in [1.807, 2.05) is 13.8 Å². The Morgan fingerprint density at radius 1 is 1.33 bits per heavy atom. The van der Waals surface area contributed by atoms with Gasteiger partial charge >= 0.3 is 12.1 Å². The summed E-state index contributed by atoms with van der Waals surface area (Å²) in [6.07, 6.45) is 0.253. The summed E-state index contributed by atoms with van der Waals surface area (Å²) in [6.45, 7) is 9.34. The fourth-order valence-electron chi connectivity index (χ4n) is 1.70. The number of alkyl carbamates (subject to hydrolysis) is 1. The van der Waals surface area contributed by atoms with E-state index in [-0.39, 0.29) is 28.8 Å². The smallest absolute Gasteiger partial charge is 0.408 e. The van der Waals surface area contributed by atoms with E-state index in [0.29, 0.717) is 0 Å². The Kier molecular flexibility index (Phi) is 7.53. The summed E-state index contributed by atoms with van der Waals surface area (Å²) in [4.78, 5) is 23.2. The molecule has 0 saturated carbocycles. The number of rotatable bonds is 7. The number of thioether (sulfide) groups is 1. The molecule has 0 spiro atoms. The molecule has 0 unspecified atom stereocenters. The zero-order valence-electron chi connectivity index (χ0n) is 14.9. The first kappa shape index (κ1) is 20.3. The van der Waals surface area contributed by atoms with Crippen LogP contribution in [0.1, 0.15) is 53.0 Å². The van der Waals surface area contributed by atoms with Crippen LogP contribution in [0, 0.1) is 5.92 Å². The third-order valence-corrected chi connectivity index (χ3v) is 3.91. The minimum Gasteiger partial charge on any atom is -0.468 e. The largest absolute Gasteiger partial charge is 0.468 e. The van der Waals surface area contributed by atoms with Crippen LogP contribution in [-0.4, -0.2) is 40.7 Å². The predicted octanol–water partition coefficient (Wildman–Crippen LogP) is 2.95. The van der Waals surface area contributed by atoms with E-state index in [2.05, 4.69) is 20.3 Å². The van der Waals surface area contributed by atoms with Crippen molar-refractivity contribution in [3.05, 3.63) is 5.89 Å². The molecule has 8 nitrogen and oxygen atoms in total. The first-order chi connectivity index (χ1) is 11.2. The Labute approximate surface area is 146 Å². The standard InChI is InChI=1S/C15H25N3O5S/c1-7-9(2)11(16-13(20)23-15(3,4)5)12-17-18-14(22-12)24-8-10(19)21-6/h9,11H,7-8H2,1-6H3,(H,16,20)/t9-,11+/m1/s1. The Morgan fingerprint density at radius 2 is 2.00 bits per heavy atom. The molecule has 1 amide bonds. The second-order valence-electron chi connectivity index (χ2n) is 6.28. The van der Waals surface area contributed by atoms with Crippen LogP contribution in [0.2, 0.25) is 0 Å². The molecule has 0 aliphatic carbocycles. The van der Waals surface area contributed by atoms with Crippen LogP contribution in [-0.2, 0) is 14.3 Å². The number of carbonyl (C=O) groups is 2. The fraction of sp³-hybridized carbons (Fsp3) is 0.733. The van der Waals surface area contributed by atoms with Crippen molar-refractivity contribution in [3.8, 4) is 0 Å². The maximum absolute atomic E-state index is 12.0. The maximum atomic E-state index is 12.0. The van der Waals surface area contributed by atoms with Crippen molar-refractivity contribution in [1.82, 2.24) is 15.5 Å². The molecule has 1 heterocycles. The first-order valence-electron chi connectivity index (χ1n) is 7.68. The molecule has 0 radical (unpaired) electrons. The van der Waals surface area contributed by atoms with E-state index in [9.17, 15) is 9.59 Å². The van der Waals surface area contributed by atoms with Gasteiger partial charge in [-0.2, -0.15) is 0 Å². The van der Waals surface area contributed by atoms with Gasteiger partial charge in [-0.15, -0.1) is 10.2 Å². The molecule has 0 aliphatic heterocycles. The van der Waals surface area contributed by atoms with Gasteiger partial charge in [-0.1, -0.05) is 32.0 Å². The molecule has 24 heavy (non-hydrogen) atoms. The van der Waals surface area contributed by atoms with Gasteiger partial charge in [0.1, 0.15) is 17.4 Å². The topological polar surface area (TPSA) is 104 Å². The van der Waals surface area contributed by atoms with Crippen molar-refractivity contribution in [2.24, 2.45) is 5.92 Å². The number of ether oxygens (including phenoxy) is 2. The van der Waals surface area contributed by atoms with Crippen molar-refractivity contribution in [1.29, 1.82) is 0 Å². The number of methoxy groups -OCH3 is 1. The normalized spacial score (nSPS) is 13.9. The molecular formula is C15H25N3O5S. The van der Waals surface area contributed by atoms with Gasteiger partial charge in [0, 0.05) is 0 Å². The monoisotopic (exact) mass is 359 g/mol. The van der Waals surface area contributed by atoms with Gasteiger partial charge in [0.25, 0.3) is 5.22 Å². The number of amides is 1. The highest BCUT2D eigenvalue weighted by Gasteiger charge is 2.28. The SMILES string of the molecule is CC[C@@H](C)[C@H](NC(=O)OC(C)(C)C)c1nnc(SCC(=O)OC)o1. The average Bonchev–Trinajstić information content (AvgIpc) is 2.96. The zero-order valence-corrected chi connectivity index (χ0v) is 15.7. The number of hydrogen-bond acceptors (Lipinski definition) is 8. The highest BCUT2D eigenvalue weighted by atomic mass is 32.2. The van der Waals surface area contributed by atoms with Gasteiger partial charge in [-0.3, -0.25) is 4.79 Å². The number of hydrogen-bond donors (Lipinski definition) is 1. The molecule has 0 saturated heterocycles. The fourth-order valence-corrected chi connectivity index (χ4v) is 2.30. The summed E-state index contributed by atoms with van der Waals surface area (Å²) in [5.41, 5.74) is -0.597. The lowest BCUT2D eigenvalue weighted by molar-refractivity contribution is -0.137. The van der Waals surface area contributed by atoms with Crippen LogP contribution in [0.15, 0.2) is 9.64 Å². The second kappa shape index (κ2) is 8.91. The van der Waals surface area contributed by atoms with Crippen LogP contribution >= 0.6 is 11.8 Å². The van der Waals surface area contributed by atoms with Crippen molar-refractivity contribution < 1.29 is 23.5 Å². The first-order valence-corrected chi connectivity index (χ1v) is 8.67. The van der Waals surface area contributed by atoms with Crippen molar-refractivity contribution in [2.75, 3.05) is 12.9 Å². The van der Waals surface area contributed by atoms with Gasteiger partial charge in [0.2, 0.25) is 5.89 Å². The third kappa shape index (κ3) is 6.77. The summed E-state index contributed by atoms with van der Waals surface area (Å²) in [6, 6.07) is -0.468. The number of carbonyl (C=O) groups excluding carboxylic acids is 2. The molecule has 0 aromatic carbocycles. The molecule has 2 atom stereocenters. The highest BCUT2D eigenvalue weighted by Crippen LogP contribution is 2.26. The molecule has 0 aliphatic rings. The van der Waals surface area contributed by atoms with Crippen LogP contribution in [0.25, 0.3) is 0 Å². The molecule has 1 aromatic heterocycles. The van der Waals surface area contributed by atoms with E-state index in [1.54, 1.807) is 20.8 Å². The summed E-state index contributed by atoms with van der Waals surface area (Å²) in [5.74, 6) is 0.0372. The Morgan fingerprint density at radius 3 is 2.54 bits per heavy atom. The molecular weight excluding hydrogens is 334 g/mol. The average molecular weight is 359 g/mol. The third-order valence-electron chi connectivity index (χ3n) is 3.11. The summed E-state index contributed by atoms with van der Waals surface area (Å²) < 4.78 is 15.4. The zero-order chi connectivity index (χ0) is 18.3. The maximum Gasteiger partial charge on any atom is 0.408 e. The van der Waals surface area contributed by atoms with Crippen molar-refractivity contribution >= 4 is 23.8 Å². The second-order valence-corrected chi connectivity index (χ2v) is 7.21. The summed E-state index contributed by atoms with van der Waals surface area (Å²) in [5, 5.41) is 10.9. The van der Waals surface area contributed by atoms with Crippen molar-refractivity contribution in [3.63, 3.8) is 0 Å². The molecule has 9 heteroatoms. The van der Waals surface area contributed by atoms with Crippen LogP contribution < -0.4 is 5.32 Å². The predicted molar refractivity (Wildman–Crippen MR) is 88.6 cm³/mol. The van der Waals surface area contributed by atoms with Crippen molar-refractivity contribution in [2.45, 2.75) is 57.9 Å². The van der Waals surface area contributed by atoms with Gasteiger partial charge in [0.15, 0.2) is 0 Å². The molecule has 1 N–H and O–H groups in total. The Balaban J connectivity index is 2.80. The van der Waals surface area contributed by atoms with E-state index in [4.69, 9.17) is 9.15 Å². The number of aromatic nitrogens is 2. The lowest BCUT2D eigenvalue weighted by Crippen LogP contribution is -2.37. The molecule has 0 bridgehead atoms. The molecule has 0 fully saturated rings. The number of nitrogens with one attached hydrogen (secondary N) is 1. The van der Waals surface area contributed by atoms with E-state index in [0.717, 1.165) is 18.2 Å². The lowest BCUT2D eigenvalue weighted by Gasteiger charge is -2.24. The van der Waals surface area contributed by atoms with Gasteiger partial charge in [0.05, 0.1) is 7.11 Å². The van der Waals surface area contributed by atoms with E-state index < -0.39 is 17.7 Å². The number of esters is 1. The molecule has 1 aromatic rings. The summed E-state index contributed by atoms with van der Waals surface area (Å²) >= 11 is 1.08. The Bertz CT molecular complexity index is 556. The van der Waals surface area contributed by atoms with Gasteiger partial charge in [-0.25, -0.2) is 4.79 Å². The minimum atomic E-state index is -0.597. The van der Waals surface area contributed by atoms with Crippen LogP contribution in [0.3, 0.4) is 0 Å². The van der Waals surface area contributed by atoms with E-state index >= 15 is 0 Å². The quantitative estimate of drug-likeness (QED) is 0.585. The minimum absolute atomic E-state index is 0.0661. The van der Waals surface area contributed by atoms with E-state index in [1.165, 1.54) is 7.11 Å².